The molecule has 2 N–H and O–H groups in total. The number of rotatable bonds is 4. The van der Waals surface area contributed by atoms with Crippen molar-refractivity contribution < 1.29 is 23.1 Å². The van der Waals surface area contributed by atoms with E-state index in [0.29, 0.717) is 32.4 Å². The number of carbonyl (C=O) groups is 1. The van der Waals surface area contributed by atoms with E-state index in [0.717, 1.165) is 6.26 Å². The molecule has 3 unspecified atom stereocenters. The van der Waals surface area contributed by atoms with Crippen molar-refractivity contribution in [2.75, 3.05) is 26.0 Å². The first kappa shape index (κ1) is 15.7. The minimum Gasteiger partial charge on any atom is -0.385 e. The summed E-state index contributed by atoms with van der Waals surface area (Å²) in [5.41, 5.74) is -1.07. The zero-order valence-electron chi connectivity index (χ0n) is 11.8. The van der Waals surface area contributed by atoms with Gasteiger partial charge in [-0.15, -0.1) is 0 Å². The summed E-state index contributed by atoms with van der Waals surface area (Å²) in [6, 6.07) is -0.661. The third-order valence-electron chi connectivity index (χ3n) is 4.16. The highest BCUT2D eigenvalue weighted by Gasteiger charge is 2.41. The molecule has 0 aromatic heterocycles. The summed E-state index contributed by atoms with van der Waals surface area (Å²) in [7, 11) is -3.37. The molecule has 1 amide bonds. The molecular formula is C12H22N2O5S. The van der Waals surface area contributed by atoms with Gasteiger partial charge in [-0.05, 0) is 19.8 Å². The molecule has 0 aromatic rings. The molecule has 0 spiro atoms. The van der Waals surface area contributed by atoms with Gasteiger partial charge in [0.2, 0.25) is 15.9 Å². The van der Waals surface area contributed by atoms with Crippen molar-refractivity contribution in [1.29, 1.82) is 0 Å². The van der Waals surface area contributed by atoms with Gasteiger partial charge < -0.3 is 15.2 Å². The van der Waals surface area contributed by atoms with Crippen LogP contribution in [0.5, 0.6) is 0 Å². The minimum atomic E-state index is -3.37. The first-order valence-corrected chi connectivity index (χ1v) is 8.67. The van der Waals surface area contributed by atoms with E-state index in [4.69, 9.17) is 4.74 Å². The molecule has 0 bridgehead atoms. The van der Waals surface area contributed by atoms with Crippen LogP contribution in [0.4, 0.5) is 0 Å². The lowest BCUT2D eigenvalue weighted by atomic mass is 9.96. The molecular weight excluding hydrogens is 284 g/mol. The quantitative estimate of drug-likeness (QED) is 0.699. The maximum atomic E-state index is 12.1. The van der Waals surface area contributed by atoms with Crippen LogP contribution in [0.2, 0.25) is 0 Å². The molecule has 8 heteroatoms. The van der Waals surface area contributed by atoms with E-state index in [1.165, 1.54) is 4.31 Å². The maximum absolute atomic E-state index is 12.1. The predicted octanol–water partition coefficient (Wildman–Crippen LogP) is -0.933. The fourth-order valence-corrected chi connectivity index (χ4v) is 3.88. The second-order valence-electron chi connectivity index (χ2n) is 5.62. The zero-order valence-corrected chi connectivity index (χ0v) is 12.6. The van der Waals surface area contributed by atoms with Gasteiger partial charge in [0.15, 0.2) is 0 Å². The Morgan fingerprint density at radius 1 is 1.55 bits per heavy atom. The molecule has 0 saturated carbocycles. The van der Waals surface area contributed by atoms with Gasteiger partial charge in [-0.3, -0.25) is 4.79 Å². The van der Waals surface area contributed by atoms with Gasteiger partial charge in [0.05, 0.1) is 12.4 Å². The zero-order chi connectivity index (χ0) is 15.0. The van der Waals surface area contributed by atoms with E-state index in [9.17, 15) is 18.3 Å². The van der Waals surface area contributed by atoms with Crippen molar-refractivity contribution in [2.45, 2.75) is 43.9 Å². The lowest BCUT2D eigenvalue weighted by molar-refractivity contribution is -0.126. The van der Waals surface area contributed by atoms with Gasteiger partial charge in [0.1, 0.15) is 11.6 Å². The van der Waals surface area contributed by atoms with Crippen LogP contribution in [0, 0.1) is 0 Å². The van der Waals surface area contributed by atoms with Crippen molar-refractivity contribution >= 4 is 15.9 Å². The molecule has 2 rings (SSSR count). The molecule has 0 aromatic carbocycles. The molecule has 20 heavy (non-hydrogen) atoms. The Kier molecular flexibility index (Phi) is 4.38. The fraction of sp³-hybridized carbons (Fsp3) is 0.917. The Morgan fingerprint density at radius 2 is 2.25 bits per heavy atom. The van der Waals surface area contributed by atoms with Gasteiger partial charge in [0.25, 0.3) is 0 Å². The molecule has 3 atom stereocenters. The number of carbonyl (C=O) groups excluding carboxylic acids is 1. The molecule has 2 aliphatic rings. The van der Waals surface area contributed by atoms with Crippen LogP contribution in [0.15, 0.2) is 0 Å². The Bertz CT molecular complexity index is 480. The summed E-state index contributed by atoms with van der Waals surface area (Å²) in [6.07, 6.45) is 2.43. The van der Waals surface area contributed by atoms with Gasteiger partial charge in [-0.2, -0.15) is 4.31 Å². The normalized spacial score (nSPS) is 35.4. The van der Waals surface area contributed by atoms with Crippen LogP contribution in [-0.4, -0.2) is 67.4 Å². The molecule has 0 radical (unpaired) electrons. The highest BCUT2D eigenvalue weighted by Crippen LogP contribution is 2.25. The summed E-state index contributed by atoms with van der Waals surface area (Å²) in [5, 5.41) is 13.0. The minimum absolute atomic E-state index is 0.0844. The van der Waals surface area contributed by atoms with Crippen molar-refractivity contribution in [1.82, 2.24) is 9.62 Å². The van der Waals surface area contributed by atoms with Gasteiger partial charge >= 0.3 is 0 Å². The summed E-state index contributed by atoms with van der Waals surface area (Å²) >= 11 is 0. The Labute approximate surface area is 119 Å². The van der Waals surface area contributed by atoms with E-state index < -0.39 is 21.7 Å². The summed E-state index contributed by atoms with van der Waals surface area (Å²) in [4.78, 5) is 12.1. The lowest BCUT2D eigenvalue weighted by Crippen LogP contribution is -2.52. The SMILES string of the molecule is CC1OCCC1(O)CNC(=O)C1CCCN1S(C)(=O)=O. The molecule has 2 aliphatic heterocycles. The number of nitrogens with zero attached hydrogens (tertiary/aromatic N) is 1. The molecule has 2 heterocycles. The van der Waals surface area contributed by atoms with Crippen LogP contribution in [-0.2, 0) is 19.6 Å². The van der Waals surface area contributed by atoms with Crippen molar-refractivity contribution in [3.63, 3.8) is 0 Å². The molecule has 2 fully saturated rings. The summed E-state index contributed by atoms with van der Waals surface area (Å²) in [5.74, 6) is -0.347. The average molecular weight is 306 g/mol. The maximum Gasteiger partial charge on any atom is 0.238 e. The molecule has 116 valence electrons. The Balaban J connectivity index is 1.95. The second kappa shape index (κ2) is 5.59. The highest BCUT2D eigenvalue weighted by molar-refractivity contribution is 7.88. The molecule has 2 saturated heterocycles. The number of sulfonamides is 1. The Morgan fingerprint density at radius 3 is 2.80 bits per heavy atom. The third-order valence-corrected chi connectivity index (χ3v) is 5.45. The number of amides is 1. The van der Waals surface area contributed by atoms with Crippen LogP contribution in [0.3, 0.4) is 0 Å². The van der Waals surface area contributed by atoms with Crippen molar-refractivity contribution in [2.24, 2.45) is 0 Å². The van der Waals surface area contributed by atoms with Gasteiger partial charge in [-0.1, -0.05) is 0 Å². The average Bonchev–Trinajstić information content (AvgIpc) is 2.95. The van der Waals surface area contributed by atoms with Crippen molar-refractivity contribution in [3.8, 4) is 0 Å². The highest BCUT2D eigenvalue weighted by atomic mass is 32.2. The first-order chi connectivity index (χ1) is 9.24. The molecule has 7 nitrogen and oxygen atoms in total. The van der Waals surface area contributed by atoms with Crippen LogP contribution in [0.1, 0.15) is 26.2 Å². The lowest BCUT2D eigenvalue weighted by Gasteiger charge is -2.28. The first-order valence-electron chi connectivity index (χ1n) is 6.82. The summed E-state index contributed by atoms with van der Waals surface area (Å²) in [6.45, 7) is 2.69. The number of hydrogen-bond donors (Lipinski definition) is 2. The van der Waals surface area contributed by atoms with E-state index in [1.54, 1.807) is 6.92 Å². The standard InChI is InChI=1S/C12H22N2O5S/c1-9-12(16,5-7-19-9)8-13-11(15)10-4-3-6-14(10)20(2,17)18/h9-10,16H,3-8H2,1-2H3,(H,13,15). The largest absolute Gasteiger partial charge is 0.385 e. The van der Waals surface area contributed by atoms with E-state index >= 15 is 0 Å². The number of nitrogens with one attached hydrogen (secondary N) is 1. The second-order valence-corrected chi connectivity index (χ2v) is 7.55. The summed E-state index contributed by atoms with van der Waals surface area (Å²) < 4.78 is 29.7. The number of aliphatic hydroxyl groups is 1. The van der Waals surface area contributed by atoms with Crippen molar-refractivity contribution in [3.05, 3.63) is 0 Å². The smallest absolute Gasteiger partial charge is 0.238 e. The Hall–Kier alpha value is -0.700. The van der Waals surface area contributed by atoms with Crippen LogP contribution < -0.4 is 5.32 Å². The topological polar surface area (TPSA) is 95.9 Å². The number of hydrogen-bond acceptors (Lipinski definition) is 5. The molecule has 0 aliphatic carbocycles. The van der Waals surface area contributed by atoms with Gasteiger partial charge in [-0.25, -0.2) is 8.42 Å². The van der Waals surface area contributed by atoms with E-state index in [1.807, 2.05) is 0 Å². The number of ether oxygens (including phenoxy) is 1. The monoisotopic (exact) mass is 306 g/mol. The predicted molar refractivity (Wildman–Crippen MR) is 72.6 cm³/mol. The van der Waals surface area contributed by atoms with Gasteiger partial charge in [0, 0.05) is 26.1 Å². The van der Waals surface area contributed by atoms with Crippen LogP contribution in [0.25, 0.3) is 0 Å². The third kappa shape index (κ3) is 3.13. The van der Waals surface area contributed by atoms with E-state index in [-0.39, 0.29) is 18.6 Å². The van der Waals surface area contributed by atoms with E-state index in [2.05, 4.69) is 5.32 Å². The van der Waals surface area contributed by atoms with Crippen LogP contribution >= 0.6 is 0 Å². The fourth-order valence-electron chi connectivity index (χ4n) is 2.76.